The second kappa shape index (κ2) is 4.62. The van der Waals surface area contributed by atoms with Gasteiger partial charge in [-0.25, -0.2) is 0 Å². The predicted octanol–water partition coefficient (Wildman–Crippen LogP) is 2.66. The Balaban J connectivity index is 0.00000133. The zero-order chi connectivity index (χ0) is 13.3. The van der Waals surface area contributed by atoms with Crippen LogP contribution in [0.4, 0.5) is 0 Å². The molecule has 0 radical (unpaired) electrons. The lowest BCUT2D eigenvalue weighted by Gasteiger charge is -2.64. The number of hydrogen-bond acceptors (Lipinski definition) is 3. The van der Waals surface area contributed by atoms with Crippen LogP contribution < -0.4 is 5.73 Å². The van der Waals surface area contributed by atoms with E-state index in [-0.39, 0.29) is 37.2 Å². The molecule has 1 aliphatic heterocycles. The van der Waals surface area contributed by atoms with Crippen LogP contribution in [0.1, 0.15) is 47.5 Å². The molecule has 0 spiro atoms. The average molecular weight is 288 g/mol. The van der Waals surface area contributed by atoms with Crippen molar-refractivity contribution in [2.75, 3.05) is 0 Å². The van der Waals surface area contributed by atoms with Gasteiger partial charge in [-0.05, 0) is 42.9 Å². The first-order valence-corrected chi connectivity index (χ1v) is 7.35. The molecule has 0 aromatic rings. The fourth-order valence-corrected chi connectivity index (χ4v) is 4.38. The second-order valence-corrected chi connectivity index (χ2v) is 7.66. The van der Waals surface area contributed by atoms with Crippen molar-refractivity contribution in [1.82, 2.24) is 0 Å². The highest BCUT2D eigenvalue weighted by Gasteiger charge is 2.68. The third-order valence-electron chi connectivity index (χ3n) is 6.05. The predicted molar refractivity (Wildman–Crippen MR) is 80.2 cm³/mol. The van der Waals surface area contributed by atoms with Gasteiger partial charge in [-0.15, -0.1) is 12.4 Å². The van der Waals surface area contributed by atoms with Crippen molar-refractivity contribution in [3.05, 3.63) is 0 Å². The molecule has 4 rings (SSSR count). The Kier molecular flexibility index (Phi) is 3.80. The lowest BCUT2D eigenvalue weighted by Crippen LogP contribution is -2.65. The Morgan fingerprint density at radius 3 is 2.37 bits per heavy atom. The summed E-state index contributed by atoms with van der Waals surface area (Å²) in [5, 5.41) is 0. The second-order valence-electron chi connectivity index (χ2n) is 7.66. The Morgan fingerprint density at radius 1 is 1.21 bits per heavy atom. The largest absolute Gasteiger partial charge is 0.475 e. The molecule has 0 unspecified atom stereocenters. The standard InChI is InChI=1S/C14H26BNO2.ClH/c1-8(2)12(16)15-17-11-7-9-6-10(13(9,3)4)14(11,5)18-15;/h8-12H,6-7,16H2,1-5H3;1H/t9-,10+,11+,12-,14-;/m1./s1. The van der Waals surface area contributed by atoms with E-state index in [1.165, 1.54) is 6.42 Å². The SMILES string of the molecule is CC(C)[C@@H](N)B1O[C@H]2C[C@H]3C[C@@H](C3(C)C)[C@@]2(C)O1.Cl. The van der Waals surface area contributed by atoms with Gasteiger partial charge in [-0.3, -0.25) is 0 Å². The summed E-state index contributed by atoms with van der Waals surface area (Å²) in [6.07, 6.45) is 2.69. The quantitative estimate of drug-likeness (QED) is 0.794. The van der Waals surface area contributed by atoms with E-state index >= 15 is 0 Å². The maximum Gasteiger partial charge on any atom is 0.475 e. The van der Waals surface area contributed by atoms with E-state index in [2.05, 4.69) is 34.6 Å². The highest BCUT2D eigenvalue weighted by molar-refractivity contribution is 6.47. The summed E-state index contributed by atoms with van der Waals surface area (Å²) < 4.78 is 12.5. The van der Waals surface area contributed by atoms with E-state index in [0.29, 0.717) is 17.3 Å². The summed E-state index contributed by atoms with van der Waals surface area (Å²) in [6.45, 7) is 11.3. The minimum Gasteiger partial charge on any atom is -0.404 e. The average Bonchev–Trinajstić information content (AvgIpc) is 2.63. The molecule has 4 aliphatic rings. The topological polar surface area (TPSA) is 44.5 Å². The van der Waals surface area contributed by atoms with Crippen LogP contribution in [-0.2, 0) is 9.31 Å². The number of nitrogens with two attached hydrogens (primary N) is 1. The molecule has 4 fully saturated rings. The van der Waals surface area contributed by atoms with Gasteiger partial charge in [0.1, 0.15) is 0 Å². The van der Waals surface area contributed by atoms with Gasteiger partial charge in [-0.2, -0.15) is 0 Å². The van der Waals surface area contributed by atoms with Crippen molar-refractivity contribution in [1.29, 1.82) is 0 Å². The van der Waals surface area contributed by atoms with Gasteiger partial charge in [0.2, 0.25) is 0 Å². The van der Waals surface area contributed by atoms with Crippen LogP contribution in [0, 0.1) is 23.2 Å². The van der Waals surface area contributed by atoms with Crippen molar-refractivity contribution in [2.24, 2.45) is 28.9 Å². The molecule has 1 heterocycles. The Hall–Kier alpha value is 0.235. The molecule has 0 amide bonds. The Labute approximate surface area is 123 Å². The van der Waals surface area contributed by atoms with E-state index in [1.807, 2.05) is 0 Å². The van der Waals surface area contributed by atoms with Crippen molar-refractivity contribution in [3.8, 4) is 0 Å². The molecule has 2 bridgehead atoms. The third kappa shape index (κ3) is 1.98. The van der Waals surface area contributed by atoms with Crippen LogP contribution in [-0.4, -0.2) is 24.8 Å². The number of halogens is 1. The molecule has 19 heavy (non-hydrogen) atoms. The molecule has 5 heteroatoms. The zero-order valence-corrected chi connectivity index (χ0v) is 13.5. The van der Waals surface area contributed by atoms with Gasteiger partial charge in [0, 0.05) is 5.94 Å². The summed E-state index contributed by atoms with van der Waals surface area (Å²) >= 11 is 0. The number of rotatable bonds is 2. The smallest absolute Gasteiger partial charge is 0.404 e. The molecular formula is C14H27BClNO2. The first-order valence-electron chi connectivity index (χ1n) is 7.35. The molecule has 3 nitrogen and oxygen atoms in total. The molecule has 2 N–H and O–H groups in total. The summed E-state index contributed by atoms with van der Waals surface area (Å²) in [4.78, 5) is 0. The molecule has 3 saturated carbocycles. The lowest BCUT2D eigenvalue weighted by molar-refractivity contribution is -0.199. The first kappa shape index (κ1) is 15.6. The van der Waals surface area contributed by atoms with Crippen LogP contribution in [0.3, 0.4) is 0 Å². The zero-order valence-electron chi connectivity index (χ0n) is 12.7. The van der Waals surface area contributed by atoms with Crippen molar-refractivity contribution in [3.63, 3.8) is 0 Å². The molecule has 0 aromatic carbocycles. The highest BCUT2D eigenvalue weighted by Crippen LogP contribution is 2.65. The minimum absolute atomic E-state index is 0. The van der Waals surface area contributed by atoms with Gasteiger partial charge in [0.05, 0.1) is 11.7 Å². The fraction of sp³-hybridized carbons (Fsp3) is 1.00. The van der Waals surface area contributed by atoms with Gasteiger partial charge in [0.25, 0.3) is 0 Å². The van der Waals surface area contributed by atoms with Crippen LogP contribution in [0.5, 0.6) is 0 Å². The summed E-state index contributed by atoms with van der Waals surface area (Å²) in [5.74, 6) is 1.80. The molecule has 5 atom stereocenters. The monoisotopic (exact) mass is 287 g/mol. The van der Waals surface area contributed by atoms with E-state index in [4.69, 9.17) is 15.0 Å². The van der Waals surface area contributed by atoms with Crippen LogP contribution in [0.2, 0.25) is 0 Å². The minimum atomic E-state index is -0.213. The molecule has 3 aliphatic carbocycles. The number of hydrogen-bond donors (Lipinski definition) is 1. The first-order chi connectivity index (χ1) is 8.26. The maximum absolute atomic E-state index is 6.31. The van der Waals surface area contributed by atoms with Gasteiger partial charge in [-0.1, -0.05) is 27.7 Å². The summed E-state index contributed by atoms with van der Waals surface area (Å²) in [5.41, 5.74) is 6.50. The fourth-order valence-electron chi connectivity index (χ4n) is 4.38. The maximum atomic E-state index is 6.31. The lowest BCUT2D eigenvalue weighted by atomic mass is 9.43. The van der Waals surface area contributed by atoms with Gasteiger partial charge in [0.15, 0.2) is 0 Å². The Bertz CT molecular complexity index is 365. The van der Waals surface area contributed by atoms with Crippen molar-refractivity contribution >= 4 is 19.5 Å². The van der Waals surface area contributed by atoms with Crippen molar-refractivity contribution < 1.29 is 9.31 Å². The molecular weight excluding hydrogens is 260 g/mol. The van der Waals surface area contributed by atoms with Crippen LogP contribution in [0.25, 0.3) is 0 Å². The van der Waals surface area contributed by atoms with Crippen molar-refractivity contribution in [2.45, 2.75) is 65.1 Å². The van der Waals surface area contributed by atoms with Crippen LogP contribution in [0.15, 0.2) is 0 Å². The summed E-state index contributed by atoms with van der Waals surface area (Å²) in [6, 6.07) is 0. The van der Waals surface area contributed by atoms with Gasteiger partial charge >= 0.3 is 7.12 Å². The molecule has 0 aromatic heterocycles. The van der Waals surface area contributed by atoms with E-state index in [9.17, 15) is 0 Å². The van der Waals surface area contributed by atoms with E-state index < -0.39 is 0 Å². The third-order valence-corrected chi connectivity index (χ3v) is 6.05. The normalized spacial score (nSPS) is 44.4. The summed E-state index contributed by atoms with van der Waals surface area (Å²) in [7, 11) is -0.213. The van der Waals surface area contributed by atoms with Crippen LogP contribution >= 0.6 is 12.4 Å². The van der Waals surface area contributed by atoms with E-state index in [0.717, 1.165) is 12.3 Å². The highest BCUT2D eigenvalue weighted by atomic mass is 35.5. The molecule has 1 saturated heterocycles. The van der Waals surface area contributed by atoms with Gasteiger partial charge < -0.3 is 15.0 Å². The molecule has 110 valence electrons. The Morgan fingerprint density at radius 2 is 1.84 bits per heavy atom. The van der Waals surface area contributed by atoms with E-state index in [1.54, 1.807) is 0 Å².